The SMILES string of the molecule is CCC(CC)N(CCO)c1cc(Cl)ccc1CNC(C)C. The number of anilines is 1. The zero-order valence-electron chi connectivity index (χ0n) is 13.7. The highest BCUT2D eigenvalue weighted by molar-refractivity contribution is 6.30. The average molecular weight is 313 g/mol. The summed E-state index contributed by atoms with van der Waals surface area (Å²) >= 11 is 6.21. The first-order valence-corrected chi connectivity index (χ1v) is 8.30. The van der Waals surface area contributed by atoms with Gasteiger partial charge < -0.3 is 15.3 Å². The first kappa shape index (κ1) is 18.3. The van der Waals surface area contributed by atoms with Crippen molar-refractivity contribution in [2.45, 2.75) is 59.2 Å². The van der Waals surface area contributed by atoms with E-state index in [4.69, 9.17) is 11.6 Å². The Labute approximate surface area is 134 Å². The molecule has 0 saturated carbocycles. The predicted octanol–water partition coefficient (Wildman–Crippen LogP) is 3.83. The molecule has 0 fully saturated rings. The van der Waals surface area contributed by atoms with Crippen molar-refractivity contribution in [2.75, 3.05) is 18.1 Å². The lowest BCUT2D eigenvalue weighted by molar-refractivity contribution is 0.296. The minimum atomic E-state index is 0.153. The van der Waals surface area contributed by atoms with Gasteiger partial charge in [-0.25, -0.2) is 0 Å². The standard InChI is InChI=1S/C17H29ClN2O/c1-5-16(6-2)20(9-10-21)17-11-15(18)8-7-14(17)12-19-13(3)4/h7-8,11,13,16,19,21H,5-6,9-10,12H2,1-4H3. The molecule has 0 atom stereocenters. The van der Waals surface area contributed by atoms with Gasteiger partial charge in [0.25, 0.3) is 0 Å². The van der Waals surface area contributed by atoms with Crippen molar-refractivity contribution in [1.82, 2.24) is 5.32 Å². The summed E-state index contributed by atoms with van der Waals surface area (Å²) in [5.74, 6) is 0. The maximum Gasteiger partial charge on any atom is 0.0606 e. The molecule has 4 heteroatoms. The van der Waals surface area contributed by atoms with E-state index in [1.807, 2.05) is 12.1 Å². The molecule has 21 heavy (non-hydrogen) atoms. The second-order valence-electron chi connectivity index (χ2n) is 5.70. The van der Waals surface area contributed by atoms with Crippen molar-refractivity contribution in [2.24, 2.45) is 0 Å². The van der Waals surface area contributed by atoms with Crippen molar-refractivity contribution in [3.8, 4) is 0 Å². The molecule has 0 aliphatic heterocycles. The van der Waals surface area contributed by atoms with Crippen LogP contribution < -0.4 is 10.2 Å². The second kappa shape index (κ2) is 9.29. The third-order valence-electron chi connectivity index (χ3n) is 3.78. The third kappa shape index (κ3) is 5.50. The summed E-state index contributed by atoms with van der Waals surface area (Å²) in [6, 6.07) is 6.90. The Bertz CT molecular complexity index is 419. The number of rotatable bonds is 9. The Balaban J connectivity index is 3.11. The van der Waals surface area contributed by atoms with Crippen molar-refractivity contribution >= 4 is 17.3 Å². The van der Waals surface area contributed by atoms with Gasteiger partial charge in [-0.15, -0.1) is 0 Å². The molecule has 0 saturated heterocycles. The highest BCUT2D eigenvalue weighted by atomic mass is 35.5. The van der Waals surface area contributed by atoms with Crippen molar-refractivity contribution in [3.63, 3.8) is 0 Å². The number of nitrogens with zero attached hydrogens (tertiary/aromatic N) is 1. The van der Waals surface area contributed by atoms with Gasteiger partial charge in [-0.1, -0.05) is 45.4 Å². The normalized spacial score (nSPS) is 11.4. The minimum Gasteiger partial charge on any atom is -0.395 e. The average Bonchev–Trinajstić information content (AvgIpc) is 2.46. The van der Waals surface area contributed by atoms with Crippen LogP contribution in [-0.4, -0.2) is 30.3 Å². The molecule has 0 aliphatic rings. The molecule has 0 radical (unpaired) electrons. The van der Waals surface area contributed by atoms with Gasteiger partial charge in [-0.05, 0) is 30.5 Å². The van der Waals surface area contributed by atoms with Crippen LogP contribution in [0.3, 0.4) is 0 Å². The molecule has 0 unspecified atom stereocenters. The molecule has 1 rings (SSSR count). The molecule has 0 aromatic heterocycles. The molecule has 0 amide bonds. The molecular formula is C17H29ClN2O. The summed E-state index contributed by atoms with van der Waals surface area (Å²) < 4.78 is 0. The summed E-state index contributed by atoms with van der Waals surface area (Å²) in [5, 5.41) is 13.6. The zero-order valence-corrected chi connectivity index (χ0v) is 14.5. The molecule has 2 N–H and O–H groups in total. The molecule has 0 bridgehead atoms. The molecule has 120 valence electrons. The summed E-state index contributed by atoms with van der Waals surface area (Å²) in [4.78, 5) is 2.29. The van der Waals surface area contributed by atoms with E-state index in [-0.39, 0.29) is 6.61 Å². The van der Waals surface area contributed by atoms with Crippen LogP contribution in [-0.2, 0) is 6.54 Å². The Hall–Kier alpha value is -0.770. The van der Waals surface area contributed by atoms with Crippen molar-refractivity contribution in [1.29, 1.82) is 0 Å². The number of aliphatic hydroxyl groups excluding tert-OH is 1. The van der Waals surface area contributed by atoms with Crippen LogP contribution in [0.4, 0.5) is 5.69 Å². The Morgan fingerprint density at radius 3 is 2.43 bits per heavy atom. The number of aliphatic hydroxyl groups is 1. The van der Waals surface area contributed by atoms with E-state index in [2.05, 4.69) is 44.0 Å². The van der Waals surface area contributed by atoms with Gasteiger partial charge in [0.2, 0.25) is 0 Å². The van der Waals surface area contributed by atoms with Crippen LogP contribution in [0.25, 0.3) is 0 Å². The zero-order chi connectivity index (χ0) is 15.8. The lowest BCUT2D eigenvalue weighted by atomic mass is 10.1. The van der Waals surface area contributed by atoms with Gasteiger partial charge in [0.05, 0.1) is 6.61 Å². The van der Waals surface area contributed by atoms with E-state index in [9.17, 15) is 5.11 Å². The third-order valence-corrected chi connectivity index (χ3v) is 4.02. The van der Waals surface area contributed by atoms with Crippen LogP contribution in [0.15, 0.2) is 18.2 Å². The Morgan fingerprint density at radius 2 is 1.90 bits per heavy atom. The fraction of sp³-hybridized carbons (Fsp3) is 0.647. The first-order chi connectivity index (χ1) is 10.0. The van der Waals surface area contributed by atoms with Gasteiger partial charge in [0.1, 0.15) is 0 Å². The minimum absolute atomic E-state index is 0.153. The van der Waals surface area contributed by atoms with Gasteiger partial charge >= 0.3 is 0 Å². The largest absolute Gasteiger partial charge is 0.395 e. The van der Waals surface area contributed by atoms with Gasteiger partial charge in [-0.2, -0.15) is 0 Å². The lowest BCUT2D eigenvalue weighted by Gasteiger charge is -2.34. The van der Waals surface area contributed by atoms with Crippen LogP contribution in [0.1, 0.15) is 46.1 Å². The number of nitrogens with one attached hydrogen (secondary N) is 1. The lowest BCUT2D eigenvalue weighted by Crippen LogP contribution is -2.38. The van der Waals surface area contributed by atoms with Gasteiger partial charge in [-0.3, -0.25) is 0 Å². The van der Waals surface area contributed by atoms with E-state index in [1.165, 1.54) is 5.56 Å². The molecule has 0 heterocycles. The molecule has 1 aromatic carbocycles. The quantitative estimate of drug-likeness (QED) is 0.727. The smallest absolute Gasteiger partial charge is 0.0606 e. The second-order valence-corrected chi connectivity index (χ2v) is 6.13. The summed E-state index contributed by atoms with van der Waals surface area (Å²) in [7, 11) is 0. The topological polar surface area (TPSA) is 35.5 Å². The molecule has 0 spiro atoms. The molecule has 0 aliphatic carbocycles. The maximum absolute atomic E-state index is 9.43. The molecular weight excluding hydrogens is 284 g/mol. The Morgan fingerprint density at radius 1 is 1.24 bits per heavy atom. The highest BCUT2D eigenvalue weighted by Crippen LogP contribution is 2.28. The van der Waals surface area contributed by atoms with Crippen molar-refractivity contribution in [3.05, 3.63) is 28.8 Å². The number of halogens is 1. The maximum atomic E-state index is 9.43. The fourth-order valence-electron chi connectivity index (χ4n) is 2.60. The molecule has 1 aromatic rings. The van der Waals surface area contributed by atoms with Crippen LogP contribution >= 0.6 is 11.6 Å². The monoisotopic (exact) mass is 312 g/mol. The van der Waals surface area contributed by atoms with Crippen molar-refractivity contribution < 1.29 is 5.11 Å². The summed E-state index contributed by atoms with van der Waals surface area (Å²) in [6.07, 6.45) is 2.11. The fourth-order valence-corrected chi connectivity index (χ4v) is 2.77. The number of benzene rings is 1. The summed E-state index contributed by atoms with van der Waals surface area (Å²) in [5.41, 5.74) is 2.37. The van der Waals surface area contributed by atoms with Crippen LogP contribution in [0, 0.1) is 0 Å². The van der Waals surface area contributed by atoms with Gasteiger partial charge in [0.15, 0.2) is 0 Å². The summed E-state index contributed by atoms with van der Waals surface area (Å²) in [6.45, 7) is 10.3. The first-order valence-electron chi connectivity index (χ1n) is 7.92. The van der Waals surface area contributed by atoms with E-state index < -0.39 is 0 Å². The number of hydrogen-bond donors (Lipinski definition) is 2. The number of hydrogen-bond acceptors (Lipinski definition) is 3. The highest BCUT2D eigenvalue weighted by Gasteiger charge is 2.18. The Kier molecular flexibility index (Phi) is 8.09. The van der Waals surface area contributed by atoms with Crippen LogP contribution in [0.2, 0.25) is 5.02 Å². The van der Waals surface area contributed by atoms with E-state index >= 15 is 0 Å². The predicted molar refractivity (Wildman–Crippen MR) is 92.2 cm³/mol. The van der Waals surface area contributed by atoms with Gasteiger partial charge in [0, 0.05) is 35.9 Å². The van der Waals surface area contributed by atoms with E-state index in [0.29, 0.717) is 18.6 Å². The van der Waals surface area contributed by atoms with E-state index in [0.717, 1.165) is 30.1 Å². The molecule has 3 nitrogen and oxygen atoms in total. The van der Waals surface area contributed by atoms with E-state index in [1.54, 1.807) is 0 Å². The van der Waals surface area contributed by atoms with Crippen LogP contribution in [0.5, 0.6) is 0 Å².